The lowest BCUT2D eigenvalue weighted by molar-refractivity contribution is 0.0734. The maximum absolute atomic E-state index is 12.3. The summed E-state index contributed by atoms with van der Waals surface area (Å²) in [5.41, 5.74) is 0.721. The largest absolute Gasteiger partial charge is 0.345 e. The third-order valence-electron chi connectivity index (χ3n) is 2.89. The van der Waals surface area contributed by atoms with Crippen molar-refractivity contribution >= 4 is 33.6 Å². The Bertz CT molecular complexity index is 392. The minimum atomic E-state index is 0.0825. The molecule has 0 bridgehead atoms. The molecule has 5 heteroatoms. The van der Waals surface area contributed by atoms with Crippen LogP contribution in [0.4, 0.5) is 0 Å². The van der Waals surface area contributed by atoms with Crippen LogP contribution in [0.5, 0.6) is 0 Å². The molecule has 0 aliphatic carbocycles. The molecule has 0 saturated heterocycles. The SMILES string of the molecule is CCC(CSC)N(C)C(=O)c1cc(Br)cn1C. The molecule has 1 aromatic rings. The Labute approximate surface area is 116 Å². The molecule has 0 aliphatic rings. The van der Waals surface area contributed by atoms with Gasteiger partial charge in [-0.15, -0.1) is 0 Å². The van der Waals surface area contributed by atoms with Crippen LogP contribution in [0.25, 0.3) is 0 Å². The highest BCUT2D eigenvalue weighted by Crippen LogP contribution is 2.17. The minimum Gasteiger partial charge on any atom is -0.345 e. The molecule has 0 aliphatic heterocycles. The zero-order chi connectivity index (χ0) is 13.0. The molecular formula is C12H19BrN2OS. The monoisotopic (exact) mass is 318 g/mol. The molecule has 0 spiro atoms. The number of amides is 1. The van der Waals surface area contributed by atoms with E-state index >= 15 is 0 Å². The van der Waals surface area contributed by atoms with Crippen molar-refractivity contribution in [1.29, 1.82) is 0 Å². The Morgan fingerprint density at radius 3 is 2.71 bits per heavy atom. The summed E-state index contributed by atoms with van der Waals surface area (Å²) >= 11 is 5.16. The van der Waals surface area contributed by atoms with Crippen LogP contribution in [-0.2, 0) is 7.05 Å². The van der Waals surface area contributed by atoms with Gasteiger partial charge in [0.05, 0.1) is 0 Å². The molecule has 1 heterocycles. The molecule has 1 amide bonds. The van der Waals surface area contributed by atoms with Crippen molar-refractivity contribution in [3.8, 4) is 0 Å². The highest BCUT2D eigenvalue weighted by Gasteiger charge is 2.21. The second-order valence-electron chi connectivity index (χ2n) is 4.09. The fourth-order valence-corrected chi connectivity index (χ4v) is 3.15. The third-order valence-corrected chi connectivity index (χ3v) is 4.04. The first-order valence-electron chi connectivity index (χ1n) is 5.59. The fourth-order valence-electron chi connectivity index (χ4n) is 1.78. The summed E-state index contributed by atoms with van der Waals surface area (Å²) < 4.78 is 2.80. The predicted octanol–water partition coefficient (Wildman–Crippen LogP) is 3.00. The number of nitrogens with zero attached hydrogens (tertiary/aromatic N) is 2. The first kappa shape index (κ1) is 14.6. The molecular weight excluding hydrogens is 300 g/mol. The van der Waals surface area contributed by atoms with Gasteiger partial charge < -0.3 is 9.47 Å². The molecule has 0 N–H and O–H groups in total. The van der Waals surface area contributed by atoms with Crippen LogP contribution in [0.15, 0.2) is 16.7 Å². The van der Waals surface area contributed by atoms with Crippen LogP contribution < -0.4 is 0 Å². The van der Waals surface area contributed by atoms with E-state index in [0.717, 1.165) is 22.3 Å². The van der Waals surface area contributed by atoms with Crippen LogP contribution in [-0.4, -0.2) is 40.5 Å². The Morgan fingerprint density at radius 2 is 2.29 bits per heavy atom. The number of hydrogen-bond donors (Lipinski definition) is 0. The lowest BCUT2D eigenvalue weighted by Crippen LogP contribution is -2.39. The first-order chi connectivity index (χ1) is 8.01. The Balaban J connectivity index is 2.85. The van der Waals surface area contributed by atoms with Crippen LogP contribution >= 0.6 is 27.7 Å². The molecule has 1 atom stereocenters. The van der Waals surface area contributed by atoms with Crippen molar-refractivity contribution in [2.24, 2.45) is 7.05 Å². The number of rotatable bonds is 5. The molecule has 17 heavy (non-hydrogen) atoms. The van der Waals surface area contributed by atoms with Gasteiger partial charge in [-0.25, -0.2) is 0 Å². The van der Waals surface area contributed by atoms with Gasteiger partial charge in [0.25, 0.3) is 5.91 Å². The summed E-state index contributed by atoms with van der Waals surface area (Å²) in [6, 6.07) is 2.16. The lowest BCUT2D eigenvalue weighted by atomic mass is 10.2. The maximum Gasteiger partial charge on any atom is 0.270 e. The van der Waals surface area contributed by atoms with Crippen LogP contribution in [0, 0.1) is 0 Å². The van der Waals surface area contributed by atoms with Gasteiger partial charge in [0.1, 0.15) is 5.69 Å². The zero-order valence-corrected chi connectivity index (χ0v) is 13.1. The van der Waals surface area contributed by atoms with Crippen molar-refractivity contribution in [2.45, 2.75) is 19.4 Å². The smallest absolute Gasteiger partial charge is 0.270 e. The quantitative estimate of drug-likeness (QED) is 0.834. The standard InChI is InChI=1S/C12H19BrN2OS/c1-5-10(8-17-4)15(3)12(16)11-6-9(13)7-14(11)2/h6-7,10H,5,8H2,1-4H3. The van der Waals surface area contributed by atoms with Gasteiger partial charge in [0.15, 0.2) is 0 Å². The van der Waals surface area contributed by atoms with E-state index in [4.69, 9.17) is 0 Å². The van der Waals surface area contributed by atoms with Crippen molar-refractivity contribution < 1.29 is 4.79 Å². The van der Waals surface area contributed by atoms with Crippen molar-refractivity contribution in [1.82, 2.24) is 9.47 Å². The van der Waals surface area contributed by atoms with E-state index in [1.807, 2.05) is 35.8 Å². The number of halogens is 1. The summed E-state index contributed by atoms with van der Waals surface area (Å²) in [5.74, 6) is 1.06. The fraction of sp³-hybridized carbons (Fsp3) is 0.583. The highest BCUT2D eigenvalue weighted by atomic mass is 79.9. The maximum atomic E-state index is 12.3. The number of thioether (sulfide) groups is 1. The van der Waals surface area contributed by atoms with Crippen LogP contribution in [0.2, 0.25) is 0 Å². The third kappa shape index (κ3) is 3.52. The Kier molecular flexibility index (Phi) is 5.59. The van der Waals surface area contributed by atoms with E-state index < -0.39 is 0 Å². The molecule has 96 valence electrons. The average molecular weight is 319 g/mol. The number of carbonyl (C=O) groups excluding carboxylic acids is 1. The molecule has 3 nitrogen and oxygen atoms in total. The molecule has 0 radical (unpaired) electrons. The Morgan fingerprint density at radius 1 is 1.65 bits per heavy atom. The number of carbonyl (C=O) groups is 1. The van der Waals surface area contributed by atoms with E-state index in [0.29, 0.717) is 6.04 Å². The van der Waals surface area contributed by atoms with Gasteiger partial charge in [-0.05, 0) is 34.7 Å². The molecule has 1 aromatic heterocycles. The highest BCUT2D eigenvalue weighted by molar-refractivity contribution is 9.10. The van der Waals surface area contributed by atoms with E-state index in [2.05, 4.69) is 29.1 Å². The molecule has 1 rings (SSSR count). The number of hydrogen-bond acceptors (Lipinski definition) is 2. The Hall–Kier alpha value is -0.420. The molecule has 0 saturated carbocycles. The van der Waals surface area contributed by atoms with Gasteiger partial charge in [-0.2, -0.15) is 11.8 Å². The molecule has 0 aromatic carbocycles. The summed E-state index contributed by atoms with van der Waals surface area (Å²) in [6.45, 7) is 2.12. The first-order valence-corrected chi connectivity index (χ1v) is 7.77. The second-order valence-corrected chi connectivity index (χ2v) is 5.91. The van der Waals surface area contributed by atoms with E-state index in [9.17, 15) is 4.79 Å². The van der Waals surface area contributed by atoms with Crippen molar-refractivity contribution in [3.05, 3.63) is 22.4 Å². The van der Waals surface area contributed by atoms with Gasteiger partial charge in [0, 0.05) is 36.6 Å². The second kappa shape index (κ2) is 6.50. The van der Waals surface area contributed by atoms with Crippen LogP contribution in [0.1, 0.15) is 23.8 Å². The van der Waals surface area contributed by atoms with Gasteiger partial charge in [-0.1, -0.05) is 6.92 Å². The normalized spacial score (nSPS) is 12.5. The predicted molar refractivity (Wildman–Crippen MR) is 77.7 cm³/mol. The molecule has 1 unspecified atom stereocenters. The van der Waals surface area contributed by atoms with Gasteiger partial charge in [-0.3, -0.25) is 4.79 Å². The average Bonchev–Trinajstić information content (AvgIpc) is 2.63. The molecule has 0 fully saturated rings. The lowest BCUT2D eigenvalue weighted by Gasteiger charge is -2.26. The van der Waals surface area contributed by atoms with E-state index in [1.54, 1.807) is 11.8 Å². The van der Waals surface area contributed by atoms with Gasteiger partial charge >= 0.3 is 0 Å². The number of aryl methyl sites for hydroxylation is 1. The summed E-state index contributed by atoms with van der Waals surface area (Å²) in [5, 5.41) is 0. The van der Waals surface area contributed by atoms with Crippen molar-refractivity contribution in [3.63, 3.8) is 0 Å². The van der Waals surface area contributed by atoms with Crippen molar-refractivity contribution in [2.75, 3.05) is 19.1 Å². The minimum absolute atomic E-state index is 0.0825. The summed E-state index contributed by atoms with van der Waals surface area (Å²) in [4.78, 5) is 14.2. The van der Waals surface area contributed by atoms with E-state index in [1.165, 1.54) is 0 Å². The summed E-state index contributed by atoms with van der Waals surface area (Å²) in [6.07, 6.45) is 4.95. The topological polar surface area (TPSA) is 25.2 Å². The van der Waals surface area contributed by atoms with E-state index in [-0.39, 0.29) is 5.91 Å². The van der Waals surface area contributed by atoms with Gasteiger partial charge in [0.2, 0.25) is 0 Å². The van der Waals surface area contributed by atoms with Crippen LogP contribution in [0.3, 0.4) is 0 Å². The zero-order valence-electron chi connectivity index (χ0n) is 10.7. The number of aromatic nitrogens is 1. The summed E-state index contributed by atoms with van der Waals surface area (Å²) in [7, 11) is 3.77.